The summed E-state index contributed by atoms with van der Waals surface area (Å²) in [4.78, 5) is 12.1. The molecule has 0 aliphatic rings. The molecule has 0 unspecified atom stereocenters. The van der Waals surface area contributed by atoms with E-state index in [-0.39, 0.29) is 11.5 Å². The van der Waals surface area contributed by atoms with E-state index in [1.165, 1.54) is 18.2 Å². The van der Waals surface area contributed by atoms with E-state index in [9.17, 15) is 9.90 Å². The molecule has 0 amide bonds. The Balaban J connectivity index is 1.66. The molecule has 0 atom stereocenters. The SMILES string of the molecule is O=C(/C=C/c1cccc(OCc2ccccc2)c1)c1cccc(O)c1. The van der Waals surface area contributed by atoms with Crippen LogP contribution in [0.15, 0.2) is 84.9 Å². The second kappa shape index (κ2) is 7.97. The van der Waals surface area contributed by atoms with Crippen molar-refractivity contribution < 1.29 is 14.6 Å². The smallest absolute Gasteiger partial charge is 0.185 e. The number of aromatic hydroxyl groups is 1. The van der Waals surface area contributed by atoms with Crippen LogP contribution in [0, 0.1) is 0 Å². The summed E-state index contributed by atoms with van der Waals surface area (Å²) < 4.78 is 5.79. The fourth-order valence-electron chi connectivity index (χ4n) is 2.38. The van der Waals surface area contributed by atoms with Gasteiger partial charge in [-0.1, -0.05) is 60.7 Å². The Morgan fingerprint density at radius 1 is 0.920 bits per heavy atom. The third-order valence-electron chi connectivity index (χ3n) is 3.66. The summed E-state index contributed by atoms with van der Waals surface area (Å²) in [5, 5.41) is 9.44. The van der Waals surface area contributed by atoms with Gasteiger partial charge in [0, 0.05) is 5.56 Å². The van der Waals surface area contributed by atoms with Crippen molar-refractivity contribution in [3.05, 3.63) is 102 Å². The number of hydrogen-bond acceptors (Lipinski definition) is 3. The number of phenolic OH excluding ortho intramolecular Hbond substituents is 1. The Hall–Kier alpha value is -3.33. The topological polar surface area (TPSA) is 46.5 Å². The molecule has 3 heteroatoms. The maximum absolute atomic E-state index is 12.1. The maximum atomic E-state index is 12.1. The zero-order valence-electron chi connectivity index (χ0n) is 13.6. The lowest BCUT2D eigenvalue weighted by Gasteiger charge is -2.06. The van der Waals surface area contributed by atoms with Gasteiger partial charge in [-0.3, -0.25) is 4.79 Å². The molecule has 0 spiro atoms. The lowest BCUT2D eigenvalue weighted by Crippen LogP contribution is -1.95. The fourth-order valence-corrected chi connectivity index (χ4v) is 2.38. The highest BCUT2D eigenvalue weighted by Gasteiger charge is 2.02. The zero-order valence-corrected chi connectivity index (χ0v) is 13.6. The van der Waals surface area contributed by atoms with E-state index in [4.69, 9.17) is 4.74 Å². The highest BCUT2D eigenvalue weighted by molar-refractivity contribution is 6.07. The van der Waals surface area contributed by atoms with Crippen LogP contribution in [-0.2, 0) is 6.61 Å². The van der Waals surface area contributed by atoms with Crippen molar-refractivity contribution in [2.24, 2.45) is 0 Å². The summed E-state index contributed by atoms with van der Waals surface area (Å²) in [5.74, 6) is 0.665. The summed E-state index contributed by atoms with van der Waals surface area (Å²) in [7, 11) is 0. The minimum absolute atomic E-state index is 0.0792. The van der Waals surface area contributed by atoms with Crippen LogP contribution >= 0.6 is 0 Å². The molecule has 0 saturated carbocycles. The molecule has 3 aromatic carbocycles. The predicted molar refractivity (Wildman–Crippen MR) is 98.7 cm³/mol. The number of allylic oxidation sites excluding steroid dienone is 1. The van der Waals surface area contributed by atoms with E-state index in [0.717, 1.165) is 16.9 Å². The number of benzene rings is 3. The van der Waals surface area contributed by atoms with Crippen molar-refractivity contribution in [2.45, 2.75) is 6.61 Å². The Morgan fingerprint density at radius 2 is 1.72 bits per heavy atom. The average molecular weight is 330 g/mol. The van der Waals surface area contributed by atoms with Crippen molar-refractivity contribution in [1.29, 1.82) is 0 Å². The van der Waals surface area contributed by atoms with Gasteiger partial charge in [-0.25, -0.2) is 0 Å². The van der Waals surface area contributed by atoms with Gasteiger partial charge in [0.05, 0.1) is 0 Å². The van der Waals surface area contributed by atoms with Crippen molar-refractivity contribution in [2.75, 3.05) is 0 Å². The number of phenols is 1. The second-order valence-electron chi connectivity index (χ2n) is 5.59. The molecule has 124 valence electrons. The minimum atomic E-state index is -0.161. The molecule has 0 aliphatic carbocycles. The van der Waals surface area contributed by atoms with Crippen molar-refractivity contribution >= 4 is 11.9 Å². The predicted octanol–water partition coefficient (Wildman–Crippen LogP) is 4.87. The summed E-state index contributed by atoms with van der Waals surface area (Å²) in [6.45, 7) is 0.496. The summed E-state index contributed by atoms with van der Waals surface area (Å²) in [6, 6.07) is 23.8. The van der Waals surface area contributed by atoms with Crippen LogP contribution in [0.1, 0.15) is 21.5 Å². The number of ether oxygens (including phenoxy) is 1. The number of ketones is 1. The molecule has 0 fully saturated rings. The molecule has 3 rings (SSSR count). The molecule has 0 saturated heterocycles. The number of hydrogen-bond donors (Lipinski definition) is 1. The van der Waals surface area contributed by atoms with Crippen LogP contribution in [-0.4, -0.2) is 10.9 Å². The van der Waals surface area contributed by atoms with Crippen LogP contribution in [0.25, 0.3) is 6.08 Å². The first-order valence-electron chi connectivity index (χ1n) is 7.99. The van der Waals surface area contributed by atoms with Crippen LogP contribution in [0.3, 0.4) is 0 Å². The summed E-state index contributed by atoms with van der Waals surface area (Å²) in [6.07, 6.45) is 3.23. The number of carbonyl (C=O) groups is 1. The zero-order chi connectivity index (χ0) is 17.5. The van der Waals surface area contributed by atoms with Crippen LogP contribution in [0.5, 0.6) is 11.5 Å². The third kappa shape index (κ3) is 4.82. The maximum Gasteiger partial charge on any atom is 0.185 e. The highest BCUT2D eigenvalue weighted by atomic mass is 16.5. The van der Waals surface area contributed by atoms with E-state index >= 15 is 0 Å². The molecule has 0 bridgehead atoms. The Bertz CT molecular complexity index is 883. The van der Waals surface area contributed by atoms with Crippen LogP contribution in [0.2, 0.25) is 0 Å². The largest absolute Gasteiger partial charge is 0.508 e. The fraction of sp³-hybridized carbons (Fsp3) is 0.0455. The third-order valence-corrected chi connectivity index (χ3v) is 3.66. The Morgan fingerprint density at radius 3 is 2.52 bits per heavy atom. The van der Waals surface area contributed by atoms with E-state index in [1.807, 2.05) is 54.6 Å². The molecular formula is C22H18O3. The molecule has 0 heterocycles. The van der Waals surface area contributed by atoms with Gasteiger partial charge in [-0.05, 0) is 41.5 Å². The average Bonchev–Trinajstić information content (AvgIpc) is 2.66. The molecule has 25 heavy (non-hydrogen) atoms. The van der Waals surface area contributed by atoms with E-state index in [1.54, 1.807) is 18.2 Å². The van der Waals surface area contributed by atoms with Crippen molar-refractivity contribution in [1.82, 2.24) is 0 Å². The first-order chi connectivity index (χ1) is 12.2. The summed E-state index contributed by atoms with van der Waals surface area (Å²) in [5.41, 5.74) is 2.43. The van der Waals surface area contributed by atoms with Crippen molar-refractivity contribution in [3.63, 3.8) is 0 Å². The molecule has 0 radical (unpaired) electrons. The van der Waals surface area contributed by atoms with Gasteiger partial charge >= 0.3 is 0 Å². The molecule has 3 nitrogen and oxygen atoms in total. The highest BCUT2D eigenvalue weighted by Crippen LogP contribution is 2.17. The van der Waals surface area contributed by atoms with E-state index in [0.29, 0.717) is 12.2 Å². The van der Waals surface area contributed by atoms with Gasteiger partial charge in [-0.15, -0.1) is 0 Å². The van der Waals surface area contributed by atoms with E-state index in [2.05, 4.69) is 0 Å². The first-order valence-corrected chi connectivity index (χ1v) is 7.99. The molecule has 0 aliphatic heterocycles. The second-order valence-corrected chi connectivity index (χ2v) is 5.59. The number of carbonyl (C=O) groups excluding carboxylic acids is 1. The summed E-state index contributed by atoms with van der Waals surface area (Å²) >= 11 is 0. The Labute approximate surface area is 146 Å². The van der Waals surface area contributed by atoms with Gasteiger partial charge in [-0.2, -0.15) is 0 Å². The van der Waals surface area contributed by atoms with Gasteiger partial charge in [0.1, 0.15) is 18.1 Å². The first kappa shape index (κ1) is 16.5. The molecular weight excluding hydrogens is 312 g/mol. The van der Waals surface area contributed by atoms with Gasteiger partial charge < -0.3 is 9.84 Å². The Kier molecular flexibility index (Phi) is 5.27. The van der Waals surface area contributed by atoms with Gasteiger partial charge in [0.25, 0.3) is 0 Å². The van der Waals surface area contributed by atoms with Gasteiger partial charge in [0.2, 0.25) is 0 Å². The lowest BCUT2D eigenvalue weighted by atomic mass is 10.1. The quantitative estimate of drug-likeness (QED) is 0.518. The standard InChI is InChI=1S/C22H18O3/c23-20-10-5-9-19(15-20)22(24)13-12-17-8-4-11-21(14-17)25-16-18-6-2-1-3-7-18/h1-15,23H,16H2/b13-12+. The van der Waals surface area contributed by atoms with Crippen molar-refractivity contribution in [3.8, 4) is 11.5 Å². The van der Waals surface area contributed by atoms with Crippen LogP contribution < -0.4 is 4.74 Å². The monoisotopic (exact) mass is 330 g/mol. The lowest BCUT2D eigenvalue weighted by molar-refractivity contribution is 0.104. The molecule has 1 N–H and O–H groups in total. The molecule has 3 aromatic rings. The normalized spacial score (nSPS) is 10.7. The van der Waals surface area contributed by atoms with E-state index < -0.39 is 0 Å². The minimum Gasteiger partial charge on any atom is -0.508 e. The number of rotatable bonds is 6. The van der Waals surface area contributed by atoms with Gasteiger partial charge in [0.15, 0.2) is 5.78 Å². The van der Waals surface area contributed by atoms with Crippen LogP contribution in [0.4, 0.5) is 0 Å². The molecule has 0 aromatic heterocycles.